The van der Waals surface area contributed by atoms with E-state index in [1.54, 1.807) is 38.4 Å². The Morgan fingerprint density at radius 1 is 1.43 bits per heavy atom. The Morgan fingerprint density at radius 3 is 2.64 bits per heavy atom. The van der Waals surface area contributed by atoms with Gasteiger partial charge in [-0.3, -0.25) is 0 Å². The summed E-state index contributed by atoms with van der Waals surface area (Å²) in [5.41, 5.74) is 0.600. The number of aliphatic hydroxyl groups excluding tert-OH is 1. The Hall–Kier alpha value is -1.55. The van der Waals surface area contributed by atoms with Crippen LogP contribution < -0.4 is 4.74 Å². The van der Waals surface area contributed by atoms with Gasteiger partial charge >= 0.3 is 6.09 Å². The van der Waals surface area contributed by atoms with Gasteiger partial charge in [0.05, 0.1) is 6.61 Å². The van der Waals surface area contributed by atoms with Gasteiger partial charge in [-0.25, -0.2) is 4.79 Å². The van der Waals surface area contributed by atoms with E-state index in [1.807, 2.05) is 0 Å². The van der Waals surface area contributed by atoms with Crippen molar-refractivity contribution in [2.24, 2.45) is 0 Å². The lowest BCUT2D eigenvalue weighted by molar-refractivity contribution is 0.170. The Bertz CT molecular complexity index is 323. The first-order chi connectivity index (χ1) is 6.65. The van der Waals surface area contributed by atoms with Crippen LogP contribution in [0.1, 0.15) is 5.56 Å². The number of hydrogen-bond acceptors (Lipinski definition) is 3. The number of benzene rings is 1. The molecule has 0 heterocycles. The van der Waals surface area contributed by atoms with E-state index in [1.165, 1.54) is 4.90 Å². The molecule has 0 aliphatic heterocycles. The maximum absolute atomic E-state index is 11.2. The fraction of sp³-hybridized carbons (Fsp3) is 0.300. The molecular formula is C10H13NO3. The molecule has 0 saturated carbocycles. The molecule has 1 N–H and O–H groups in total. The van der Waals surface area contributed by atoms with Crippen LogP contribution in [-0.2, 0) is 6.61 Å². The minimum absolute atomic E-state index is 0.142. The monoisotopic (exact) mass is 195 g/mol. The minimum Gasteiger partial charge on any atom is -0.410 e. The second-order valence-corrected chi connectivity index (χ2v) is 3.03. The first-order valence-corrected chi connectivity index (χ1v) is 4.23. The smallest absolute Gasteiger partial charge is 0.410 e. The van der Waals surface area contributed by atoms with E-state index in [0.717, 1.165) is 0 Å². The summed E-state index contributed by atoms with van der Waals surface area (Å²) < 4.78 is 5.02. The summed E-state index contributed by atoms with van der Waals surface area (Å²) in [6.45, 7) is -0.142. The van der Waals surface area contributed by atoms with Gasteiger partial charge in [-0.05, 0) is 6.07 Å². The summed E-state index contributed by atoms with van der Waals surface area (Å²) >= 11 is 0. The zero-order valence-electron chi connectivity index (χ0n) is 8.23. The first kappa shape index (κ1) is 10.5. The number of rotatable bonds is 2. The Balaban J connectivity index is 2.80. The number of para-hydroxylation sites is 1. The average molecular weight is 195 g/mol. The highest BCUT2D eigenvalue weighted by Crippen LogP contribution is 2.18. The standard InChI is InChI=1S/C10H13NO3/c1-11(2)10(13)14-9-6-4-3-5-8(9)7-12/h3-6,12H,7H2,1-2H3. The molecule has 0 radical (unpaired) electrons. The summed E-state index contributed by atoms with van der Waals surface area (Å²) in [5.74, 6) is 0.397. The summed E-state index contributed by atoms with van der Waals surface area (Å²) in [6.07, 6.45) is -0.453. The maximum atomic E-state index is 11.2. The van der Waals surface area contributed by atoms with Crippen LogP contribution >= 0.6 is 0 Å². The SMILES string of the molecule is CN(C)C(=O)Oc1ccccc1CO. The van der Waals surface area contributed by atoms with Gasteiger partial charge in [0.25, 0.3) is 0 Å². The van der Waals surface area contributed by atoms with Crippen molar-refractivity contribution in [3.63, 3.8) is 0 Å². The summed E-state index contributed by atoms with van der Waals surface area (Å²) in [5, 5.41) is 8.97. The van der Waals surface area contributed by atoms with E-state index >= 15 is 0 Å². The van der Waals surface area contributed by atoms with Crippen molar-refractivity contribution in [3.05, 3.63) is 29.8 Å². The Kier molecular flexibility index (Phi) is 3.48. The molecule has 0 unspecified atom stereocenters. The molecule has 4 heteroatoms. The fourth-order valence-corrected chi connectivity index (χ4v) is 0.919. The quantitative estimate of drug-likeness (QED) is 0.772. The van der Waals surface area contributed by atoms with Crippen LogP contribution in [0.25, 0.3) is 0 Å². The molecule has 1 aromatic carbocycles. The first-order valence-electron chi connectivity index (χ1n) is 4.23. The molecule has 0 aliphatic carbocycles. The summed E-state index contributed by atoms with van der Waals surface area (Å²) in [7, 11) is 3.20. The van der Waals surface area contributed by atoms with Gasteiger partial charge in [-0.2, -0.15) is 0 Å². The van der Waals surface area contributed by atoms with Crippen molar-refractivity contribution in [3.8, 4) is 5.75 Å². The van der Waals surface area contributed by atoms with Crippen molar-refractivity contribution in [2.45, 2.75) is 6.61 Å². The molecule has 1 rings (SSSR count). The van der Waals surface area contributed by atoms with Crippen molar-refractivity contribution in [1.82, 2.24) is 4.90 Å². The van der Waals surface area contributed by atoms with Crippen LogP contribution in [0.2, 0.25) is 0 Å². The van der Waals surface area contributed by atoms with E-state index in [-0.39, 0.29) is 6.61 Å². The summed E-state index contributed by atoms with van der Waals surface area (Å²) in [6, 6.07) is 6.88. The molecule has 4 nitrogen and oxygen atoms in total. The number of aliphatic hydroxyl groups is 1. The molecule has 14 heavy (non-hydrogen) atoms. The van der Waals surface area contributed by atoms with Crippen molar-refractivity contribution in [2.75, 3.05) is 14.1 Å². The van der Waals surface area contributed by atoms with Crippen LogP contribution in [0.5, 0.6) is 5.75 Å². The van der Waals surface area contributed by atoms with Gasteiger partial charge in [0.15, 0.2) is 0 Å². The zero-order chi connectivity index (χ0) is 10.6. The second kappa shape index (κ2) is 4.62. The molecule has 0 atom stereocenters. The molecule has 1 amide bonds. The predicted octanol–water partition coefficient (Wildman–Crippen LogP) is 1.24. The zero-order valence-corrected chi connectivity index (χ0v) is 8.23. The molecule has 76 valence electrons. The van der Waals surface area contributed by atoms with E-state index in [2.05, 4.69) is 0 Å². The fourth-order valence-electron chi connectivity index (χ4n) is 0.919. The van der Waals surface area contributed by atoms with Crippen LogP contribution in [0, 0.1) is 0 Å². The lowest BCUT2D eigenvalue weighted by Crippen LogP contribution is -2.25. The van der Waals surface area contributed by atoms with E-state index in [9.17, 15) is 4.79 Å². The Labute approximate surface area is 82.7 Å². The normalized spacial score (nSPS) is 9.64. The topological polar surface area (TPSA) is 49.8 Å². The van der Waals surface area contributed by atoms with E-state index in [4.69, 9.17) is 9.84 Å². The van der Waals surface area contributed by atoms with Gasteiger partial charge in [-0.1, -0.05) is 18.2 Å². The highest BCUT2D eigenvalue weighted by Gasteiger charge is 2.09. The number of ether oxygens (including phenoxy) is 1. The molecule has 0 aliphatic rings. The molecule has 0 fully saturated rings. The van der Waals surface area contributed by atoms with Crippen LogP contribution in [-0.4, -0.2) is 30.2 Å². The lowest BCUT2D eigenvalue weighted by Gasteiger charge is -2.12. The lowest BCUT2D eigenvalue weighted by atomic mass is 10.2. The van der Waals surface area contributed by atoms with Gasteiger partial charge in [0.2, 0.25) is 0 Å². The second-order valence-electron chi connectivity index (χ2n) is 3.03. The summed E-state index contributed by atoms with van der Waals surface area (Å²) in [4.78, 5) is 12.5. The molecule has 1 aromatic rings. The van der Waals surface area contributed by atoms with Crippen LogP contribution in [0.4, 0.5) is 4.79 Å². The third-order valence-electron chi connectivity index (χ3n) is 1.71. The Morgan fingerprint density at radius 2 is 2.07 bits per heavy atom. The van der Waals surface area contributed by atoms with Crippen LogP contribution in [0.15, 0.2) is 24.3 Å². The molecular weight excluding hydrogens is 182 g/mol. The number of amides is 1. The van der Waals surface area contributed by atoms with Gasteiger partial charge in [0.1, 0.15) is 5.75 Å². The third kappa shape index (κ3) is 2.47. The molecule has 0 bridgehead atoms. The van der Waals surface area contributed by atoms with E-state index in [0.29, 0.717) is 11.3 Å². The number of hydrogen-bond donors (Lipinski definition) is 1. The average Bonchev–Trinajstić information content (AvgIpc) is 2.18. The van der Waals surface area contributed by atoms with Crippen molar-refractivity contribution < 1.29 is 14.6 Å². The van der Waals surface area contributed by atoms with Crippen molar-refractivity contribution >= 4 is 6.09 Å². The number of nitrogens with zero attached hydrogens (tertiary/aromatic N) is 1. The van der Waals surface area contributed by atoms with Gasteiger partial charge in [-0.15, -0.1) is 0 Å². The largest absolute Gasteiger partial charge is 0.414 e. The molecule has 0 aromatic heterocycles. The van der Waals surface area contributed by atoms with Crippen LogP contribution in [0.3, 0.4) is 0 Å². The predicted molar refractivity (Wildman–Crippen MR) is 52.1 cm³/mol. The molecule has 0 spiro atoms. The van der Waals surface area contributed by atoms with E-state index < -0.39 is 6.09 Å². The third-order valence-corrected chi connectivity index (χ3v) is 1.71. The van der Waals surface area contributed by atoms with Crippen molar-refractivity contribution in [1.29, 1.82) is 0 Å². The number of carbonyl (C=O) groups excluding carboxylic acids is 1. The van der Waals surface area contributed by atoms with Gasteiger partial charge in [0, 0.05) is 19.7 Å². The van der Waals surface area contributed by atoms with Gasteiger partial charge < -0.3 is 14.7 Å². The highest BCUT2D eigenvalue weighted by atomic mass is 16.6. The minimum atomic E-state index is -0.453. The number of carbonyl (C=O) groups is 1. The highest BCUT2D eigenvalue weighted by molar-refractivity contribution is 5.70. The molecule has 0 saturated heterocycles. The maximum Gasteiger partial charge on any atom is 0.414 e.